The van der Waals surface area contributed by atoms with Crippen LogP contribution in [0.2, 0.25) is 0 Å². The highest BCUT2D eigenvalue weighted by Gasteiger charge is 2.21. The van der Waals surface area contributed by atoms with Gasteiger partial charge in [-0.25, -0.2) is 0 Å². The quantitative estimate of drug-likeness (QED) is 0.947. The maximum atomic E-state index is 12.3. The number of amides is 1. The number of aryl methyl sites for hydroxylation is 1. The fourth-order valence-corrected chi connectivity index (χ4v) is 2.46. The van der Waals surface area contributed by atoms with Gasteiger partial charge in [0.25, 0.3) is 5.91 Å². The molecule has 0 fully saturated rings. The van der Waals surface area contributed by atoms with Gasteiger partial charge >= 0.3 is 0 Å². The number of hydrogen-bond donors (Lipinski definition) is 1. The summed E-state index contributed by atoms with van der Waals surface area (Å²) in [4.78, 5) is 12.3. The molecular formula is C18H19NO3. The number of ether oxygens (including phenoxy) is 2. The van der Waals surface area contributed by atoms with Crippen molar-refractivity contribution < 1.29 is 14.3 Å². The summed E-state index contributed by atoms with van der Waals surface area (Å²) >= 11 is 0. The Bertz CT molecular complexity index is 696. The lowest BCUT2D eigenvalue weighted by Gasteiger charge is -2.26. The van der Waals surface area contributed by atoms with Gasteiger partial charge in [0.1, 0.15) is 12.7 Å². The Balaban J connectivity index is 1.62. The summed E-state index contributed by atoms with van der Waals surface area (Å²) in [6.07, 6.45) is -0.177. The number of para-hydroxylation sites is 2. The van der Waals surface area contributed by atoms with Gasteiger partial charge in [0.2, 0.25) is 0 Å². The van der Waals surface area contributed by atoms with Gasteiger partial charge < -0.3 is 14.8 Å². The van der Waals surface area contributed by atoms with E-state index in [0.717, 1.165) is 22.6 Å². The second kappa shape index (κ2) is 6.10. The zero-order valence-electron chi connectivity index (χ0n) is 12.8. The second-order valence-electron chi connectivity index (χ2n) is 5.46. The highest BCUT2D eigenvalue weighted by Crippen LogP contribution is 2.30. The molecular weight excluding hydrogens is 278 g/mol. The number of benzene rings is 2. The molecule has 22 heavy (non-hydrogen) atoms. The molecule has 0 aromatic heterocycles. The first-order valence-corrected chi connectivity index (χ1v) is 7.38. The minimum absolute atomic E-state index is 0.0799. The Morgan fingerprint density at radius 2 is 1.91 bits per heavy atom. The van der Waals surface area contributed by atoms with Gasteiger partial charge in [-0.05, 0) is 43.2 Å². The molecule has 2 aromatic carbocycles. The monoisotopic (exact) mass is 297 g/mol. The van der Waals surface area contributed by atoms with E-state index in [1.807, 2.05) is 56.3 Å². The number of rotatable bonds is 3. The smallest absolute Gasteiger partial charge is 0.251 e. The van der Waals surface area contributed by atoms with Crippen LogP contribution in [0.1, 0.15) is 21.5 Å². The summed E-state index contributed by atoms with van der Waals surface area (Å²) in [5, 5.41) is 2.92. The van der Waals surface area contributed by atoms with E-state index in [4.69, 9.17) is 9.47 Å². The topological polar surface area (TPSA) is 47.6 Å². The van der Waals surface area contributed by atoms with Crippen molar-refractivity contribution in [1.29, 1.82) is 0 Å². The summed E-state index contributed by atoms with van der Waals surface area (Å²) in [5.41, 5.74) is 2.82. The van der Waals surface area contributed by atoms with Crippen molar-refractivity contribution >= 4 is 5.91 Å². The predicted molar refractivity (Wildman–Crippen MR) is 84.6 cm³/mol. The maximum Gasteiger partial charge on any atom is 0.251 e. The molecule has 1 aliphatic rings. The SMILES string of the molecule is Cc1cccc(C(=O)NC[C@H]2COc3ccccc3O2)c1C. The van der Waals surface area contributed by atoms with Crippen LogP contribution in [0.5, 0.6) is 11.5 Å². The van der Waals surface area contributed by atoms with Crippen molar-refractivity contribution in [3.63, 3.8) is 0 Å². The van der Waals surface area contributed by atoms with Crippen LogP contribution in [0.4, 0.5) is 0 Å². The Morgan fingerprint density at radius 1 is 1.14 bits per heavy atom. The molecule has 1 N–H and O–H groups in total. The Hall–Kier alpha value is -2.49. The third kappa shape index (κ3) is 2.91. The molecule has 0 radical (unpaired) electrons. The third-order valence-corrected chi connectivity index (χ3v) is 3.91. The first-order chi connectivity index (χ1) is 10.6. The van der Waals surface area contributed by atoms with E-state index in [9.17, 15) is 4.79 Å². The van der Waals surface area contributed by atoms with E-state index in [1.165, 1.54) is 0 Å². The van der Waals surface area contributed by atoms with Gasteiger partial charge in [-0.1, -0.05) is 24.3 Å². The molecule has 0 saturated carbocycles. The lowest BCUT2D eigenvalue weighted by Crippen LogP contribution is -2.40. The van der Waals surface area contributed by atoms with Crippen LogP contribution in [0, 0.1) is 13.8 Å². The van der Waals surface area contributed by atoms with Crippen molar-refractivity contribution in [2.45, 2.75) is 20.0 Å². The van der Waals surface area contributed by atoms with E-state index in [-0.39, 0.29) is 12.0 Å². The number of nitrogens with one attached hydrogen (secondary N) is 1. The van der Waals surface area contributed by atoms with E-state index >= 15 is 0 Å². The van der Waals surface area contributed by atoms with Crippen LogP contribution in [0.3, 0.4) is 0 Å². The number of fused-ring (bicyclic) bond motifs is 1. The molecule has 0 spiro atoms. The molecule has 3 rings (SSSR count). The minimum Gasteiger partial charge on any atom is -0.486 e. The van der Waals surface area contributed by atoms with E-state index in [0.29, 0.717) is 18.7 Å². The molecule has 1 amide bonds. The molecule has 114 valence electrons. The fraction of sp³-hybridized carbons (Fsp3) is 0.278. The molecule has 4 nitrogen and oxygen atoms in total. The summed E-state index contributed by atoms with van der Waals surface area (Å²) in [6.45, 7) is 4.81. The average Bonchev–Trinajstić information content (AvgIpc) is 2.55. The van der Waals surface area contributed by atoms with Gasteiger partial charge in [0.15, 0.2) is 11.5 Å². The van der Waals surface area contributed by atoms with E-state index < -0.39 is 0 Å². The van der Waals surface area contributed by atoms with Gasteiger partial charge in [0, 0.05) is 5.56 Å². The number of hydrogen-bond acceptors (Lipinski definition) is 3. The van der Waals surface area contributed by atoms with E-state index in [2.05, 4.69) is 5.32 Å². The molecule has 0 bridgehead atoms. The van der Waals surface area contributed by atoms with Crippen molar-refractivity contribution in [3.8, 4) is 11.5 Å². The molecule has 0 aliphatic carbocycles. The van der Waals surface area contributed by atoms with Crippen LogP contribution in [0.15, 0.2) is 42.5 Å². The van der Waals surface area contributed by atoms with Gasteiger partial charge in [0.05, 0.1) is 6.54 Å². The normalized spacial score (nSPS) is 16.2. The van der Waals surface area contributed by atoms with Gasteiger partial charge in [-0.15, -0.1) is 0 Å². The van der Waals surface area contributed by atoms with Crippen molar-refractivity contribution in [3.05, 3.63) is 59.2 Å². The Morgan fingerprint density at radius 3 is 2.73 bits per heavy atom. The van der Waals surface area contributed by atoms with Crippen LogP contribution in [-0.4, -0.2) is 25.2 Å². The summed E-state index contributed by atoms with van der Waals surface area (Å²) in [7, 11) is 0. The van der Waals surface area contributed by atoms with Crippen LogP contribution in [-0.2, 0) is 0 Å². The predicted octanol–water partition coefficient (Wildman–Crippen LogP) is 2.87. The van der Waals surface area contributed by atoms with Gasteiger partial charge in [-0.3, -0.25) is 4.79 Å². The molecule has 0 saturated heterocycles. The van der Waals surface area contributed by atoms with Gasteiger partial charge in [-0.2, -0.15) is 0 Å². The van der Waals surface area contributed by atoms with Crippen LogP contribution in [0.25, 0.3) is 0 Å². The minimum atomic E-state index is -0.177. The first-order valence-electron chi connectivity index (χ1n) is 7.38. The highest BCUT2D eigenvalue weighted by molar-refractivity contribution is 5.95. The Kier molecular flexibility index (Phi) is 4.00. The van der Waals surface area contributed by atoms with Crippen molar-refractivity contribution in [2.24, 2.45) is 0 Å². The molecule has 2 aromatic rings. The standard InChI is InChI=1S/C18H19NO3/c1-12-6-5-7-15(13(12)2)18(20)19-10-14-11-21-16-8-3-4-9-17(16)22-14/h3-9,14H,10-11H2,1-2H3,(H,19,20)/t14-/m0/s1. The second-order valence-corrected chi connectivity index (χ2v) is 5.46. The third-order valence-electron chi connectivity index (χ3n) is 3.91. The average molecular weight is 297 g/mol. The van der Waals surface area contributed by atoms with E-state index in [1.54, 1.807) is 0 Å². The van der Waals surface area contributed by atoms with Crippen molar-refractivity contribution in [2.75, 3.05) is 13.2 Å². The molecule has 1 heterocycles. The lowest BCUT2D eigenvalue weighted by atomic mass is 10.0. The summed E-state index contributed by atoms with van der Waals surface area (Å²) in [6, 6.07) is 13.3. The maximum absolute atomic E-state index is 12.3. The largest absolute Gasteiger partial charge is 0.486 e. The first kappa shape index (κ1) is 14.4. The van der Waals surface area contributed by atoms with Crippen LogP contribution < -0.4 is 14.8 Å². The number of carbonyl (C=O) groups excluding carboxylic acids is 1. The highest BCUT2D eigenvalue weighted by atomic mass is 16.6. The molecule has 4 heteroatoms. The lowest BCUT2D eigenvalue weighted by molar-refractivity contribution is 0.0789. The van der Waals surface area contributed by atoms with Crippen molar-refractivity contribution in [1.82, 2.24) is 5.32 Å². The summed E-state index contributed by atoms with van der Waals surface area (Å²) < 4.78 is 11.5. The molecule has 1 aliphatic heterocycles. The van der Waals surface area contributed by atoms with Crippen LogP contribution >= 0.6 is 0 Å². The zero-order chi connectivity index (χ0) is 15.5. The summed E-state index contributed by atoms with van der Waals surface area (Å²) in [5.74, 6) is 1.39. The zero-order valence-corrected chi connectivity index (χ0v) is 12.8. The Labute approximate surface area is 130 Å². The molecule has 0 unspecified atom stereocenters. The fourth-order valence-electron chi connectivity index (χ4n) is 2.46. The molecule has 1 atom stereocenters. The number of carbonyl (C=O) groups is 1.